The zero-order chi connectivity index (χ0) is 23.7. The second-order valence-corrected chi connectivity index (χ2v) is 11.6. The molecule has 2 aromatic rings. The van der Waals surface area contributed by atoms with Crippen LogP contribution in [0.25, 0.3) is 11.4 Å². The summed E-state index contributed by atoms with van der Waals surface area (Å²) in [6.45, 7) is 6.89. The van der Waals surface area contributed by atoms with Crippen molar-refractivity contribution in [1.29, 1.82) is 0 Å². The lowest BCUT2D eigenvalue weighted by Gasteiger charge is -2.37. The van der Waals surface area contributed by atoms with Gasteiger partial charge in [-0.3, -0.25) is 4.79 Å². The van der Waals surface area contributed by atoms with Crippen molar-refractivity contribution < 1.29 is 9.53 Å². The minimum atomic E-state index is -0.177. The van der Waals surface area contributed by atoms with Crippen molar-refractivity contribution >= 4 is 17.7 Å². The normalized spacial score (nSPS) is 27.1. The number of likely N-dealkylation sites (tertiary alicyclic amines) is 1. The van der Waals surface area contributed by atoms with Gasteiger partial charge in [0.25, 0.3) is 0 Å². The van der Waals surface area contributed by atoms with Gasteiger partial charge in [-0.1, -0.05) is 25.0 Å². The molecule has 0 spiro atoms. The van der Waals surface area contributed by atoms with Crippen LogP contribution in [0.2, 0.25) is 0 Å². The summed E-state index contributed by atoms with van der Waals surface area (Å²) in [5, 5.41) is 5.11. The summed E-state index contributed by atoms with van der Waals surface area (Å²) in [7, 11) is 0. The van der Waals surface area contributed by atoms with Crippen molar-refractivity contribution in [3.05, 3.63) is 30.1 Å². The number of nitrogens with zero attached hydrogens (tertiary/aromatic N) is 4. The van der Waals surface area contributed by atoms with Crippen LogP contribution in [-0.4, -0.2) is 57.1 Å². The van der Waals surface area contributed by atoms with Gasteiger partial charge in [-0.05, 0) is 70.8 Å². The molecule has 1 saturated carbocycles. The molecule has 2 saturated heterocycles. The van der Waals surface area contributed by atoms with Gasteiger partial charge >= 0.3 is 0 Å². The smallest absolute Gasteiger partial charge is 0.226 e. The highest BCUT2D eigenvalue weighted by Gasteiger charge is 2.40. The number of amides is 1. The molecule has 0 bridgehead atoms. The quantitative estimate of drug-likeness (QED) is 0.512. The van der Waals surface area contributed by atoms with Crippen LogP contribution in [0, 0.1) is 5.92 Å². The SMILES string of the molecule is CSc1ccc(-c2nc([C@@H]3CCCC[C@@H]3C(=O)N3CCCC3)n(C3CCOC(C)(C)C3)n2)cc1. The highest BCUT2D eigenvalue weighted by atomic mass is 32.2. The highest BCUT2D eigenvalue weighted by molar-refractivity contribution is 7.98. The number of hydrogen-bond donors (Lipinski definition) is 0. The van der Waals surface area contributed by atoms with Gasteiger partial charge in [0, 0.05) is 42.0 Å². The first-order valence-corrected chi connectivity index (χ1v) is 14.2. The van der Waals surface area contributed by atoms with E-state index in [4.69, 9.17) is 14.8 Å². The Balaban J connectivity index is 1.53. The van der Waals surface area contributed by atoms with E-state index >= 15 is 0 Å². The summed E-state index contributed by atoms with van der Waals surface area (Å²) < 4.78 is 8.22. The third-order valence-electron chi connectivity index (χ3n) is 7.86. The van der Waals surface area contributed by atoms with E-state index in [0.29, 0.717) is 5.91 Å². The van der Waals surface area contributed by atoms with Gasteiger partial charge in [0.05, 0.1) is 11.6 Å². The van der Waals surface area contributed by atoms with Crippen LogP contribution in [-0.2, 0) is 9.53 Å². The maximum absolute atomic E-state index is 13.6. The number of benzene rings is 1. The minimum Gasteiger partial charge on any atom is -0.375 e. The monoisotopic (exact) mass is 482 g/mol. The van der Waals surface area contributed by atoms with Gasteiger partial charge < -0.3 is 9.64 Å². The number of ether oxygens (including phenoxy) is 1. The fourth-order valence-corrected chi connectivity index (χ4v) is 6.44. The predicted molar refractivity (Wildman–Crippen MR) is 136 cm³/mol. The summed E-state index contributed by atoms with van der Waals surface area (Å²) in [6.07, 6.45) is 10.4. The largest absolute Gasteiger partial charge is 0.375 e. The molecule has 0 radical (unpaired) electrons. The Morgan fingerprint density at radius 2 is 1.79 bits per heavy atom. The molecule has 1 aromatic carbocycles. The number of carbonyl (C=O) groups excluding carboxylic acids is 1. The molecule has 184 valence electrons. The second kappa shape index (κ2) is 10.0. The molecule has 7 heteroatoms. The van der Waals surface area contributed by atoms with Crippen molar-refractivity contribution in [3.63, 3.8) is 0 Å². The molecule has 34 heavy (non-hydrogen) atoms. The van der Waals surface area contributed by atoms with Crippen LogP contribution in [0.3, 0.4) is 0 Å². The van der Waals surface area contributed by atoms with Crippen LogP contribution >= 0.6 is 11.8 Å². The number of hydrogen-bond acceptors (Lipinski definition) is 5. The maximum Gasteiger partial charge on any atom is 0.226 e. The Hall–Kier alpha value is -1.86. The zero-order valence-corrected chi connectivity index (χ0v) is 21.6. The molecule has 3 fully saturated rings. The van der Waals surface area contributed by atoms with Crippen LogP contribution in [0.5, 0.6) is 0 Å². The molecule has 3 atom stereocenters. The summed E-state index contributed by atoms with van der Waals surface area (Å²) >= 11 is 1.74. The summed E-state index contributed by atoms with van der Waals surface area (Å²) in [6, 6.07) is 8.76. The van der Waals surface area contributed by atoms with Gasteiger partial charge in [0.15, 0.2) is 5.82 Å². The number of thioether (sulfide) groups is 1. The van der Waals surface area contributed by atoms with Gasteiger partial charge in [0.1, 0.15) is 5.82 Å². The van der Waals surface area contributed by atoms with E-state index in [1.165, 1.54) is 4.90 Å². The van der Waals surface area contributed by atoms with Gasteiger partial charge in [0.2, 0.25) is 5.91 Å². The van der Waals surface area contributed by atoms with Gasteiger partial charge in [-0.25, -0.2) is 9.67 Å². The van der Waals surface area contributed by atoms with E-state index in [2.05, 4.69) is 54.0 Å². The van der Waals surface area contributed by atoms with E-state index in [9.17, 15) is 4.79 Å². The zero-order valence-electron chi connectivity index (χ0n) is 20.8. The first-order valence-electron chi connectivity index (χ1n) is 13.0. The highest BCUT2D eigenvalue weighted by Crippen LogP contribution is 2.42. The molecule has 1 aliphatic carbocycles. The van der Waals surface area contributed by atoms with Crippen molar-refractivity contribution in [2.24, 2.45) is 5.92 Å². The summed E-state index contributed by atoms with van der Waals surface area (Å²) in [5.74, 6) is 2.30. The minimum absolute atomic E-state index is 0.0226. The standard InChI is InChI=1S/C27H38N4O2S/c1-27(2)18-20(14-17-33-27)31-25(28-24(29-31)19-10-12-21(34-3)13-11-19)22-8-4-5-9-23(22)26(32)30-15-6-7-16-30/h10-13,20,22-23H,4-9,14-18H2,1-3H3/t20?,22-,23+/m1/s1. The summed E-state index contributed by atoms with van der Waals surface area (Å²) in [4.78, 5) is 22.1. The lowest BCUT2D eigenvalue weighted by Crippen LogP contribution is -2.40. The Morgan fingerprint density at radius 1 is 1.06 bits per heavy atom. The molecular formula is C27H38N4O2S. The van der Waals surface area contributed by atoms with E-state index in [1.54, 1.807) is 11.8 Å². The second-order valence-electron chi connectivity index (χ2n) is 10.8. The number of rotatable bonds is 5. The Morgan fingerprint density at radius 3 is 2.50 bits per heavy atom. The third-order valence-corrected chi connectivity index (χ3v) is 8.60. The third kappa shape index (κ3) is 4.92. The first kappa shape index (κ1) is 23.9. The molecule has 1 unspecified atom stereocenters. The van der Waals surface area contributed by atoms with Gasteiger partial charge in [-0.15, -0.1) is 11.8 Å². The lowest BCUT2D eigenvalue weighted by molar-refractivity contribution is -0.136. The fraction of sp³-hybridized carbons (Fsp3) is 0.667. The fourth-order valence-electron chi connectivity index (χ4n) is 6.04. The molecule has 1 aromatic heterocycles. The first-order chi connectivity index (χ1) is 16.4. The Labute approximate surface area is 207 Å². The van der Waals surface area contributed by atoms with Crippen molar-refractivity contribution in [3.8, 4) is 11.4 Å². The average molecular weight is 483 g/mol. The van der Waals surface area contributed by atoms with Crippen LogP contribution in [0.1, 0.15) is 83.0 Å². The molecule has 0 N–H and O–H groups in total. The molecule has 3 aliphatic rings. The van der Waals surface area contributed by atoms with E-state index in [1.807, 2.05) is 0 Å². The van der Waals surface area contributed by atoms with Crippen molar-refractivity contribution in [2.45, 2.75) is 87.7 Å². The Kier molecular flexibility index (Phi) is 7.03. The van der Waals surface area contributed by atoms with Crippen LogP contribution in [0.4, 0.5) is 0 Å². The summed E-state index contributed by atoms with van der Waals surface area (Å²) in [5.41, 5.74) is 0.867. The van der Waals surface area contributed by atoms with Crippen LogP contribution in [0.15, 0.2) is 29.2 Å². The molecule has 6 nitrogen and oxygen atoms in total. The molecule has 1 amide bonds. The van der Waals surface area contributed by atoms with Crippen molar-refractivity contribution in [2.75, 3.05) is 26.0 Å². The van der Waals surface area contributed by atoms with Crippen LogP contribution < -0.4 is 0 Å². The number of aromatic nitrogens is 3. The molecule has 2 aliphatic heterocycles. The molecular weight excluding hydrogens is 444 g/mol. The lowest BCUT2D eigenvalue weighted by atomic mass is 9.77. The molecule has 5 rings (SSSR count). The van der Waals surface area contributed by atoms with E-state index < -0.39 is 0 Å². The molecule has 3 heterocycles. The van der Waals surface area contributed by atoms with E-state index in [-0.39, 0.29) is 23.5 Å². The Bertz CT molecular complexity index is 997. The van der Waals surface area contributed by atoms with Gasteiger partial charge in [-0.2, -0.15) is 5.10 Å². The van der Waals surface area contributed by atoms with E-state index in [0.717, 1.165) is 88.3 Å². The van der Waals surface area contributed by atoms with Crippen molar-refractivity contribution in [1.82, 2.24) is 19.7 Å². The topological polar surface area (TPSA) is 60.2 Å². The number of carbonyl (C=O) groups is 1. The predicted octanol–water partition coefficient (Wildman–Crippen LogP) is 5.69. The average Bonchev–Trinajstić information content (AvgIpc) is 3.54. The maximum atomic E-state index is 13.6.